The van der Waals surface area contributed by atoms with Crippen molar-refractivity contribution in [2.24, 2.45) is 0 Å². The Balaban J connectivity index is 2.31. The Hall–Kier alpha value is -1.57. The fraction of sp³-hybridized carbons (Fsp3) is 0.308. The second-order valence-electron chi connectivity index (χ2n) is 3.85. The van der Waals surface area contributed by atoms with Crippen molar-refractivity contribution in [3.05, 3.63) is 53.6 Å². The van der Waals surface area contributed by atoms with Gasteiger partial charge in [-0.05, 0) is 18.9 Å². The summed E-state index contributed by atoms with van der Waals surface area (Å²) in [4.78, 5) is 7.52. The highest BCUT2D eigenvalue weighted by molar-refractivity contribution is 5.28. The molecule has 0 amide bonds. The fourth-order valence-corrected chi connectivity index (χ4v) is 1.85. The van der Waals surface area contributed by atoms with E-state index in [0.717, 1.165) is 12.2 Å². The third-order valence-electron chi connectivity index (χ3n) is 2.74. The Morgan fingerprint density at radius 3 is 2.53 bits per heavy atom. The van der Waals surface area contributed by atoms with Crippen molar-refractivity contribution >= 4 is 0 Å². The number of nitrogens with zero attached hydrogens (tertiary/aromatic N) is 1. The molecule has 1 N–H and O–H groups in total. The maximum atomic E-state index is 4.33. The minimum atomic E-state index is 0.389. The largest absolute Gasteiger partial charge is 0.348 e. The van der Waals surface area contributed by atoms with Gasteiger partial charge in [-0.15, -0.1) is 0 Å². The van der Waals surface area contributed by atoms with Gasteiger partial charge in [-0.25, -0.2) is 4.98 Å². The molecule has 78 valence electrons. The first-order chi connectivity index (χ1) is 7.31. The standard InChI is InChI=1S/C13H16N2/c1-3-12(13-14-8-9-15-13)11-6-4-10(2)5-7-11/h4-9,12H,3H2,1-2H3,(H,14,15)/t12-/m0/s1. The van der Waals surface area contributed by atoms with Gasteiger partial charge in [0.05, 0.1) is 0 Å². The van der Waals surface area contributed by atoms with E-state index in [9.17, 15) is 0 Å². The van der Waals surface area contributed by atoms with Gasteiger partial charge in [-0.1, -0.05) is 36.8 Å². The van der Waals surface area contributed by atoms with E-state index in [0.29, 0.717) is 5.92 Å². The molecule has 0 bridgehead atoms. The number of nitrogens with one attached hydrogen (secondary N) is 1. The van der Waals surface area contributed by atoms with Crippen LogP contribution in [0.25, 0.3) is 0 Å². The monoisotopic (exact) mass is 200 g/mol. The number of hydrogen-bond acceptors (Lipinski definition) is 1. The number of rotatable bonds is 3. The van der Waals surface area contributed by atoms with Crippen LogP contribution in [0.2, 0.25) is 0 Å². The summed E-state index contributed by atoms with van der Waals surface area (Å²) in [5.74, 6) is 1.45. The normalized spacial score (nSPS) is 12.7. The van der Waals surface area contributed by atoms with Gasteiger partial charge >= 0.3 is 0 Å². The van der Waals surface area contributed by atoms with Crippen LogP contribution < -0.4 is 0 Å². The summed E-state index contributed by atoms with van der Waals surface area (Å²) in [6.45, 7) is 4.30. The SMILES string of the molecule is CC[C@@H](c1ccc(C)cc1)c1ncc[nH]1. The molecule has 2 rings (SSSR count). The highest BCUT2D eigenvalue weighted by Gasteiger charge is 2.13. The van der Waals surface area contributed by atoms with Crippen LogP contribution >= 0.6 is 0 Å². The van der Waals surface area contributed by atoms with Gasteiger partial charge in [0.25, 0.3) is 0 Å². The van der Waals surface area contributed by atoms with Gasteiger partial charge in [0.1, 0.15) is 5.82 Å². The second kappa shape index (κ2) is 4.30. The number of aromatic amines is 1. The second-order valence-corrected chi connectivity index (χ2v) is 3.85. The van der Waals surface area contributed by atoms with Crippen molar-refractivity contribution in [1.29, 1.82) is 0 Å². The lowest BCUT2D eigenvalue weighted by Gasteiger charge is -2.12. The van der Waals surface area contributed by atoms with E-state index >= 15 is 0 Å². The first-order valence-electron chi connectivity index (χ1n) is 5.37. The number of H-pyrrole nitrogens is 1. The minimum Gasteiger partial charge on any atom is -0.348 e. The lowest BCUT2D eigenvalue weighted by Crippen LogP contribution is -2.01. The van der Waals surface area contributed by atoms with E-state index in [-0.39, 0.29) is 0 Å². The van der Waals surface area contributed by atoms with Crippen LogP contribution in [-0.4, -0.2) is 9.97 Å². The van der Waals surface area contributed by atoms with Gasteiger partial charge in [0.2, 0.25) is 0 Å². The molecule has 0 saturated heterocycles. The predicted octanol–water partition coefficient (Wildman–Crippen LogP) is 3.26. The van der Waals surface area contributed by atoms with Crippen molar-refractivity contribution < 1.29 is 0 Å². The van der Waals surface area contributed by atoms with Crippen molar-refractivity contribution in [3.8, 4) is 0 Å². The maximum absolute atomic E-state index is 4.33. The number of hydrogen-bond donors (Lipinski definition) is 1. The predicted molar refractivity (Wildman–Crippen MR) is 61.9 cm³/mol. The zero-order chi connectivity index (χ0) is 10.7. The third kappa shape index (κ3) is 2.09. The average molecular weight is 200 g/mol. The van der Waals surface area contributed by atoms with Gasteiger partial charge < -0.3 is 4.98 Å². The molecule has 0 saturated carbocycles. The molecular weight excluding hydrogens is 184 g/mol. The average Bonchev–Trinajstić information content (AvgIpc) is 2.75. The zero-order valence-electron chi connectivity index (χ0n) is 9.20. The lowest BCUT2D eigenvalue weighted by molar-refractivity contribution is 0.729. The van der Waals surface area contributed by atoms with Crippen molar-refractivity contribution in [2.75, 3.05) is 0 Å². The van der Waals surface area contributed by atoms with Crippen LogP contribution in [0.4, 0.5) is 0 Å². The Bertz CT molecular complexity index is 401. The van der Waals surface area contributed by atoms with Crippen LogP contribution in [0.3, 0.4) is 0 Å². The number of aryl methyl sites for hydroxylation is 1. The van der Waals surface area contributed by atoms with Crippen LogP contribution in [0, 0.1) is 6.92 Å². The summed E-state index contributed by atoms with van der Waals surface area (Å²) in [6.07, 6.45) is 4.76. The molecule has 1 atom stereocenters. The van der Waals surface area contributed by atoms with Gasteiger partial charge in [0, 0.05) is 18.3 Å². The Morgan fingerprint density at radius 2 is 2.00 bits per heavy atom. The Morgan fingerprint density at radius 1 is 1.27 bits per heavy atom. The summed E-state index contributed by atoms with van der Waals surface area (Å²) in [7, 11) is 0. The topological polar surface area (TPSA) is 28.7 Å². The molecule has 0 aliphatic carbocycles. The van der Waals surface area contributed by atoms with E-state index < -0.39 is 0 Å². The highest BCUT2D eigenvalue weighted by atomic mass is 14.9. The van der Waals surface area contributed by atoms with Gasteiger partial charge in [0.15, 0.2) is 0 Å². The van der Waals surface area contributed by atoms with E-state index in [2.05, 4.69) is 48.1 Å². The molecule has 1 aromatic heterocycles. The lowest BCUT2D eigenvalue weighted by atomic mass is 9.95. The number of imidazole rings is 1. The molecule has 0 spiro atoms. The van der Waals surface area contributed by atoms with E-state index in [1.54, 1.807) is 0 Å². The summed E-state index contributed by atoms with van der Waals surface area (Å²) in [6, 6.07) is 8.68. The highest BCUT2D eigenvalue weighted by Crippen LogP contribution is 2.24. The van der Waals surface area contributed by atoms with Crippen LogP contribution in [0.5, 0.6) is 0 Å². The summed E-state index contributed by atoms with van der Waals surface area (Å²) in [5.41, 5.74) is 2.63. The number of aromatic nitrogens is 2. The molecular formula is C13H16N2. The molecule has 1 heterocycles. The Kier molecular flexibility index (Phi) is 2.86. The minimum absolute atomic E-state index is 0.389. The molecule has 2 aromatic rings. The van der Waals surface area contributed by atoms with Gasteiger partial charge in [-0.2, -0.15) is 0 Å². The smallest absolute Gasteiger partial charge is 0.113 e. The molecule has 0 aliphatic heterocycles. The molecule has 2 heteroatoms. The van der Waals surface area contributed by atoms with E-state index in [4.69, 9.17) is 0 Å². The molecule has 15 heavy (non-hydrogen) atoms. The van der Waals surface area contributed by atoms with Crippen LogP contribution in [-0.2, 0) is 0 Å². The van der Waals surface area contributed by atoms with Crippen molar-refractivity contribution in [1.82, 2.24) is 9.97 Å². The molecule has 0 aliphatic rings. The maximum Gasteiger partial charge on any atom is 0.113 e. The fourth-order valence-electron chi connectivity index (χ4n) is 1.85. The summed E-state index contributed by atoms with van der Waals surface area (Å²) >= 11 is 0. The molecule has 1 aromatic carbocycles. The summed E-state index contributed by atoms with van der Waals surface area (Å²) < 4.78 is 0. The third-order valence-corrected chi connectivity index (χ3v) is 2.74. The van der Waals surface area contributed by atoms with E-state index in [1.807, 2.05) is 12.4 Å². The van der Waals surface area contributed by atoms with Crippen LogP contribution in [0.15, 0.2) is 36.7 Å². The number of benzene rings is 1. The molecule has 2 nitrogen and oxygen atoms in total. The van der Waals surface area contributed by atoms with Crippen molar-refractivity contribution in [2.45, 2.75) is 26.2 Å². The first kappa shape index (κ1) is 9.97. The van der Waals surface area contributed by atoms with Crippen LogP contribution in [0.1, 0.15) is 36.2 Å². The zero-order valence-corrected chi connectivity index (χ0v) is 9.20. The van der Waals surface area contributed by atoms with Gasteiger partial charge in [-0.3, -0.25) is 0 Å². The molecule has 0 radical (unpaired) electrons. The quantitative estimate of drug-likeness (QED) is 0.809. The summed E-state index contributed by atoms with van der Waals surface area (Å²) in [5, 5.41) is 0. The van der Waals surface area contributed by atoms with Crippen molar-refractivity contribution in [3.63, 3.8) is 0 Å². The van der Waals surface area contributed by atoms with E-state index in [1.165, 1.54) is 11.1 Å². The first-order valence-corrected chi connectivity index (χ1v) is 5.37. The molecule has 0 unspecified atom stereocenters. The Labute approximate surface area is 90.4 Å². The molecule has 0 fully saturated rings.